The smallest absolute Gasteiger partial charge is 0.321 e. The second-order valence-corrected chi connectivity index (χ2v) is 7.60. The first-order valence-electron chi connectivity index (χ1n) is 9.52. The summed E-state index contributed by atoms with van der Waals surface area (Å²) in [5, 5.41) is 5.82. The lowest BCUT2D eigenvalue weighted by molar-refractivity contribution is 0.102. The molecule has 2 saturated heterocycles. The third kappa shape index (κ3) is 3.41. The molecule has 0 bridgehead atoms. The molecule has 4 rings (SSSR count). The Morgan fingerprint density at radius 1 is 1.19 bits per heavy atom. The van der Waals surface area contributed by atoms with Crippen LogP contribution in [-0.2, 0) is 0 Å². The quantitative estimate of drug-likeness (QED) is 0.798. The zero-order chi connectivity index (χ0) is 18.0. The predicted octanol–water partition coefficient (Wildman–Crippen LogP) is 3.57. The number of nitrogens with zero attached hydrogens (tertiary/aromatic N) is 2. The van der Waals surface area contributed by atoms with Crippen molar-refractivity contribution in [1.29, 1.82) is 0 Å². The van der Waals surface area contributed by atoms with Gasteiger partial charge in [-0.1, -0.05) is 18.2 Å². The summed E-state index contributed by atoms with van der Waals surface area (Å²) in [4.78, 5) is 28.3. The Balaban J connectivity index is 1.43. The van der Waals surface area contributed by atoms with E-state index >= 15 is 0 Å². The number of anilines is 2. The summed E-state index contributed by atoms with van der Waals surface area (Å²) in [7, 11) is 0. The fourth-order valence-electron chi connectivity index (χ4n) is 4.37. The molecule has 2 heterocycles. The van der Waals surface area contributed by atoms with Crippen molar-refractivity contribution in [3.8, 4) is 0 Å². The predicted molar refractivity (Wildman–Crippen MR) is 102 cm³/mol. The third-order valence-electron chi connectivity index (χ3n) is 5.77. The van der Waals surface area contributed by atoms with Crippen molar-refractivity contribution >= 4 is 23.4 Å². The van der Waals surface area contributed by atoms with Crippen LogP contribution in [0.2, 0.25) is 0 Å². The van der Waals surface area contributed by atoms with Gasteiger partial charge in [0.15, 0.2) is 0 Å². The fraction of sp³-hybridized carbons (Fsp3) is 0.500. The molecule has 2 fully saturated rings. The molecule has 1 aromatic rings. The topological polar surface area (TPSA) is 64.7 Å². The van der Waals surface area contributed by atoms with Gasteiger partial charge in [0.05, 0.1) is 0 Å². The number of carbonyl (C=O) groups excluding carboxylic acids is 2. The zero-order valence-corrected chi connectivity index (χ0v) is 15.0. The summed E-state index contributed by atoms with van der Waals surface area (Å²) < 4.78 is 0. The van der Waals surface area contributed by atoms with Crippen molar-refractivity contribution in [2.75, 3.05) is 36.4 Å². The molecule has 2 N–H and O–H groups in total. The van der Waals surface area contributed by atoms with E-state index in [1.165, 1.54) is 12.8 Å². The summed E-state index contributed by atoms with van der Waals surface area (Å²) in [6.45, 7) is 2.95. The van der Waals surface area contributed by atoms with Gasteiger partial charge in [0.1, 0.15) is 0 Å². The Morgan fingerprint density at radius 3 is 2.88 bits per heavy atom. The molecule has 1 spiro atoms. The molecule has 0 saturated carbocycles. The normalized spacial score (nSPS) is 25.5. The number of allylic oxidation sites excluding steroid dienone is 2. The SMILES string of the molecule is O=C(Nc1cccc(N2CCNC2=O)c1)N1CCCC2(CC=CCC2)C1. The van der Waals surface area contributed by atoms with Crippen LogP contribution in [0.5, 0.6) is 0 Å². The summed E-state index contributed by atoms with van der Waals surface area (Å²) in [5.74, 6) is 0. The molecule has 1 aliphatic carbocycles. The average molecular weight is 354 g/mol. The number of hydrogen-bond donors (Lipinski definition) is 2. The maximum Gasteiger partial charge on any atom is 0.321 e. The molecule has 26 heavy (non-hydrogen) atoms. The number of likely N-dealkylation sites (tertiary alicyclic amines) is 1. The highest BCUT2D eigenvalue weighted by Crippen LogP contribution is 2.40. The number of amides is 4. The summed E-state index contributed by atoms with van der Waals surface area (Å²) >= 11 is 0. The fourth-order valence-corrected chi connectivity index (χ4v) is 4.37. The Labute approximate surface area is 154 Å². The van der Waals surface area contributed by atoms with E-state index in [9.17, 15) is 9.59 Å². The number of nitrogens with one attached hydrogen (secondary N) is 2. The van der Waals surface area contributed by atoms with Crippen molar-refractivity contribution in [2.24, 2.45) is 5.41 Å². The van der Waals surface area contributed by atoms with Crippen LogP contribution in [0.25, 0.3) is 0 Å². The molecular formula is C20H26N4O2. The van der Waals surface area contributed by atoms with Gasteiger partial charge in [-0.2, -0.15) is 0 Å². The molecule has 138 valence electrons. The monoisotopic (exact) mass is 354 g/mol. The molecule has 1 unspecified atom stereocenters. The Kier molecular flexibility index (Phi) is 4.57. The van der Waals surface area contributed by atoms with Gasteiger partial charge in [-0.05, 0) is 55.7 Å². The van der Waals surface area contributed by atoms with Crippen molar-refractivity contribution in [3.05, 3.63) is 36.4 Å². The van der Waals surface area contributed by atoms with Crippen LogP contribution in [-0.4, -0.2) is 43.1 Å². The van der Waals surface area contributed by atoms with Gasteiger partial charge >= 0.3 is 12.1 Å². The van der Waals surface area contributed by atoms with E-state index in [0.717, 1.165) is 43.7 Å². The van der Waals surface area contributed by atoms with Crippen LogP contribution in [0, 0.1) is 5.41 Å². The summed E-state index contributed by atoms with van der Waals surface area (Å²) in [6.07, 6.45) is 10.2. The number of carbonyl (C=O) groups is 2. The van der Waals surface area contributed by atoms with Crippen molar-refractivity contribution in [2.45, 2.75) is 32.1 Å². The molecule has 4 amide bonds. The number of piperidine rings is 1. The number of hydrogen-bond acceptors (Lipinski definition) is 2. The van der Waals surface area contributed by atoms with Crippen molar-refractivity contribution in [3.63, 3.8) is 0 Å². The maximum atomic E-state index is 12.8. The van der Waals surface area contributed by atoms with Gasteiger partial charge in [0, 0.05) is 37.6 Å². The third-order valence-corrected chi connectivity index (χ3v) is 5.77. The molecule has 2 aliphatic heterocycles. The Bertz CT molecular complexity index is 732. The van der Waals surface area contributed by atoms with E-state index in [0.29, 0.717) is 13.1 Å². The molecule has 3 aliphatic rings. The number of benzene rings is 1. The van der Waals surface area contributed by atoms with Gasteiger partial charge in [0.25, 0.3) is 0 Å². The minimum atomic E-state index is -0.0863. The molecule has 1 aromatic carbocycles. The molecule has 6 heteroatoms. The van der Waals surface area contributed by atoms with E-state index in [2.05, 4.69) is 22.8 Å². The minimum Gasteiger partial charge on any atom is -0.336 e. The van der Waals surface area contributed by atoms with Crippen molar-refractivity contribution < 1.29 is 9.59 Å². The van der Waals surface area contributed by atoms with Gasteiger partial charge in [-0.3, -0.25) is 4.90 Å². The maximum absolute atomic E-state index is 12.8. The van der Waals surface area contributed by atoms with Crippen LogP contribution in [0.15, 0.2) is 36.4 Å². The number of urea groups is 2. The second kappa shape index (κ2) is 7.02. The van der Waals surface area contributed by atoms with E-state index in [-0.39, 0.29) is 17.5 Å². The Hall–Kier alpha value is -2.50. The van der Waals surface area contributed by atoms with Gasteiger partial charge < -0.3 is 15.5 Å². The van der Waals surface area contributed by atoms with Gasteiger partial charge in [-0.15, -0.1) is 0 Å². The lowest BCUT2D eigenvalue weighted by atomic mass is 9.71. The van der Waals surface area contributed by atoms with Crippen LogP contribution in [0.4, 0.5) is 21.0 Å². The van der Waals surface area contributed by atoms with Crippen LogP contribution < -0.4 is 15.5 Å². The van der Waals surface area contributed by atoms with Crippen LogP contribution >= 0.6 is 0 Å². The Morgan fingerprint density at radius 2 is 2.12 bits per heavy atom. The van der Waals surface area contributed by atoms with E-state index in [1.54, 1.807) is 4.90 Å². The van der Waals surface area contributed by atoms with Crippen LogP contribution in [0.3, 0.4) is 0 Å². The number of rotatable bonds is 2. The second-order valence-electron chi connectivity index (χ2n) is 7.60. The largest absolute Gasteiger partial charge is 0.336 e. The highest BCUT2D eigenvalue weighted by atomic mass is 16.2. The first-order valence-corrected chi connectivity index (χ1v) is 9.52. The zero-order valence-electron chi connectivity index (χ0n) is 15.0. The van der Waals surface area contributed by atoms with E-state index < -0.39 is 0 Å². The first-order chi connectivity index (χ1) is 12.7. The first kappa shape index (κ1) is 16.9. The van der Waals surface area contributed by atoms with E-state index in [4.69, 9.17) is 0 Å². The van der Waals surface area contributed by atoms with Gasteiger partial charge in [-0.25, -0.2) is 9.59 Å². The summed E-state index contributed by atoms with van der Waals surface area (Å²) in [5.41, 5.74) is 1.81. The highest BCUT2D eigenvalue weighted by molar-refractivity contribution is 5.95. The lowest BCUT2D eigenvalue weighted by Crippen LogP contribution is -2.48. The average Bonchev–Trinajstić information content (AvgIpc) is 3.09. The standard InChI is InChI=1S/C20H26N4O2/c25-18-21-11-13-24(18)17-7-4-6-16(14-17)22-19(26)23-12-5-10-20(15-23)8-2-1-3-9-20/h1-2,4,6-7,14H,3,5,8-13,15H2,(H,21,25)(H,22,26). The highest BCUT2D eigenvalue weighted by Gasteiger charge is 2.36. The van der Waals surface area contributed by atoms with Gasteiger partial charge in [0.2, 0.25) is 0 Å². The molecule has 0 aromatic heterocycles. The minimum absolute atomic E-state index is 0.0401. The molecular weight excluding hydrogens is 328 g/mol. The van der Waals surface area contributed by atoms with Crippen LogP contribution in [0.1, 0.15) is 32.1 Å². The lowest BCUT2D eigenvalue weighted by Gasteiger charge is -2.43. The van der Waals surface area contributed by atoms with E-state index in [1.807, 2.05) is 29.2 Å². The molecule has 1 atom stereocenters. The van der Waals surface area contributed by atoms with Crippen molar-refractivity contribution in [1.82, 2.24) is 10.2 Å². The summed E-state index contributed by atoms with van der Waals surface area (Å²) in [6, 6.07) is 7.38. The molecule has 6 nitrogen and oxygen atoms in total. The molecule has 0 radical (unpaired) electrons.